The van der Waals surface area contributed by atoms with E-state index in [1.165, 1.54) is 6.07 Å². The Labute approximate surface area is 126 Å². The lowest BCUT2D eigenvalue weighted by molar-refractivity contribution is -0.385. The van der Waals surface area contributed by atoms with Gasteiger partial charge in [0.05, 0.1) is 22.6 Å². The van der Waals surface area contributed by atoms with E-state index in [9.17, 15) is 10.1 Å². The van der Waals surface area contributed by atoms with Gasteiger partial charge in [0.15, 0.2) is 0 Å². The summed E-state index contributed by atoms with van der Waals surface area (Å²) in [5, 5.41) is 14.2. The maximum atomic E-state index is 10.8. The molecule has 1 saturated heterocycles. The van der Waals surface area contributed by atoms with Gasteiger partial charge < -0.3 is 10.1 Å². The van der Waals surface area contributed by atoms with Crippen molar-refractivity contribution in [1.82, 2.24) is 10.2 Å². The van der Waals surface area contributed by atoms with Gasteiger partial charge in [-0.1, -0.05) is 12.1 Å². The highest BCUT2D eigenvalue weighted by molar-refractivity contribution is 9.10. The van der Waals surface area contributed by atoms with Crippen molar-refractivity contribution in [3.05, 3.63) is 38.3 Å². The molecular weight excluding hydrogens is 326 g/mol. The number of nitrogens with zero attached hydrogens (tertiary/aromatic N) is 2. The topological polar surface area (TPSA) is 67.6 Å². The van der Waals surface area contributed by atoms with Crippen molar-refractivity contribution in [2.75, 3.05) is 39.4 Å². The SMILES string of the molecule is O=[N+]([O-])c1cccc(CNCCN2CCOCC2)c1Br. The number of halogens is 1. The first-order chi connectivity index (χ1) is 9.68. The van der Waals surface area contributed by atoms with Crippen molar-refractivity contribution >= 4 is 21.6 Å². The quantitative estimate of drug-likeness (QED) is 0.484. The highest BCUT2D eigenvalue weighted by atomic mass is 79.9. The molecule has 1 aliphatic heterocycles. The maximum Gasteiger partial charge on any atom is 0.283 e. The molecule has 20 heavy (non-hydrogen) atoms. The summed E-state index contributed by atoms with van der Waals surface area (Å²) in [5.74, 6) is 0. The Morgan fingerprint density at radius 2 is 2.15 bits per heavy atom. The number of benzene rings is 1. The Morgan fingerprint density at radius 1 is 1.40 bits per heavy atom. The second-order valence-corrected chi connectivity index (χ2v) is 5.43. The van der Waals surface area contributed by atoms with Gasteiger partial charge in [-0.15, -0.1) is 0 Å². The van der Waals surface area contributed by atoms with Gasteiger partial charge in [-0.2, -0.15) is 0 Å². The lowest BCUT2D eigenvalue weighted by Crippen LogP contribution is -2.40. The van der Waals surface area contributed by atoms with Crippen molar-refractivity contribution in [2.24, 2.45) is 0 Å². The number of ether oxygens (including phenoxy) is 1. The Balaban J connectivity index is 1.79. The van der Waals surface area contributed by atoms with Crippen LogP contribution in [0.1, 0.15) is 5.56 Å². The van der Waals surface area contributed by atoms with Crippen LogP contribution in [0.2, 0.25) is 0 Å². The fourth-order valence-electron chi connectivity index (χ4n) is 2.13. The van der Waals surface area contributed by atoms with E-state index in [-0.39, 0.29) is 10.6 Å². The van der Waals surface area contributed by atoms with Gasteiger partial charge in [0.25, 0.3) is 5.69 Å². The smallest absolute Gasteiger partial charge is 0.283 e. The molecule has 1 fully saturated rings. The Bertz CT molecular complexity index is 464. The summed E-state index contributed by atoms with van der Waals surface area (Å²) in [5.41, 5.74) is 1.01. The van der Waals surface area contributed by atoms with Gasteiger partial charge in [0.2, 0.25) is 0 Å². The predicted octanol–water partition coefficient (Wildman–Crippen LogP) is 1.78. The van der Waals surface area contributed by atoms with Gasteiger partial charge in [-0.3, -0.25) is 15.0 Å². The normalized spacial score (nSPS) is 16.2. The maximum absolute atomic E-state index is 10.8. The number of hydrogen-bond acceptors (Lipinski definition) is 5. The Hall–Kier alpha value is -1.02. The Morgan fingerprint density at radius 3 is 2.85 bits per heavy atom. The van der Waals surface area contributed by atoms with Crippen molar-refractivity contribution in [1.29, 1.82) is 0 Å². The van der Waals surface area contributed by atoms with Crippen LogP contribution in [0.3, 0.4) is 0 Å². The van der Waals surface area contributed by atoms with Crippen LogP contribution in [-0.4, -0.2) is 49.2 Å². The van der Waals surface area contributed by atoms with E-state index in [1.807, 2.05) is 6.07 Å². The lowest BCUT2D eigenvalue weighted by atomic mass is 10.2. The molecule has 2 rings (SSSR count). The molecule has 7 heteroatoms. The second kappa shape index (κ2) is 7.68. The molecule has 1 N–H and O–H groups in total. The van der Waals surface area contributed by atoms with Crippen molar-refractivity contribution in [3.8, 4) is 0 Å². The van der Waals surface area contributed by atoms with Crippen molar-refractivity contribution in [2.45, 2.75) is 6.54 Å². The van der Waals surface area contributed by atoms with Gasteiger partial charge in [-0.05, 0) is 21.5 Å². The summed E-state index contributed by atoms with van der Waals surface area (Å²) < 4.78 is 5.85. The molecule has 0 aliphatic carbocycles. The standard InChI is InChI=1S/C13H18BrN3O3/c14-13-11(2-1-3-12(13)17(18)19)10-15-4-5-16-6-8-20-9-7-16/h1-3,15H,4-10H2. The molecule has 1 aromatic rings. The third-order valence-electron chi connectivity index (χ3n) is 3.28. The number of rotatable bonds is 6. The fraction of sp³-hybridized carbons (Fsp3) is 0.538. The summed E-state index contributed by atoms with van der Waals surface area (Å²) in [4.78, 5) is 12.8. The van der Waals surface area contributed by atoms with E-state index in [2.05, 4.69) is 26.1 Å². The molecular formula is C13H18BrN3O3. The lowest BCUT2D eigenvalue weighted by Gasteiger charge is -2.26. The van der Waals surface area contributed by atoms with Crippen LogP contribution >= 0.6 is 15.9 Å². The van der Waals surface area contributed by atoms with E-state index in [1.54, 1.807) is 6.07 Å². The van der Waals surface area contributed by atoms with E-state index < -0.39 is 0 Å². The van der Waals surface area contributed by atoms with Crippen molar-refractivity contribution < 1.29 is 9.66 Å². The number of nitro groups is 1. The van der Waals surface area contributed by atoms with Crippen molar-refractivity contribution in [3.63, 3.8) is 0 Å². The Kier molecular flexibility index (Phi) is 5.90. The molecule has 0 saturated carbocycles. The molecule has 0 unspecified atom stereocenters. The first kappa shape index (κ1) is 15.4. The molecule has 0 aromatic heterocycles. The number of nitrogens with one attached hydrogen (secondary N) is 1. The minimum atomic E-state index is -0.374. The second-order valence-electron chi connectivity index (χ2n) is 4.64. The largest absolute Gasteiger partial charge is 0.379 e. The van der Waals surface area contributed by atoms with Crippen LogP contribution in [0.5, 0.6) is 0 Å². The van der Waals surface area contributed by atoms with Gasteiger partial charge in [-0.25, -0.2) is 0 Å². The molecule has 1 aliphatic rings. The van der Waals surface area contributed by atoms with Gasteiger partial charge >= 0.3 is 0 Å². The third-order valence-corrected chi connectivity index (χ3v) is 4.19. The minimum absolute atomic E-state index is 0.109. The molecule has 1 aromatic carbocycles. The zero-order valence-electron chi connectivity index (χ0n) is 11.2. The van der Waals surface area contributed by atoms with E-state index in [0.29, 0.717) is 11.0 Å². The fourth-order valence-corrected chi connectivity index (χ4v) is 2.68. The summed E-state index contributed by atoms with van der Waals surface area (Å²) in [6.07, 6.45) is 0. The number of morpholine rings is 1. The van der Waals surface area contributed by atoms with Crippen LogP contribution in [-0.2, 0) is 11.3 Å². The molecule has 0 bridgehead atoms. The first-order valence-corrected chi connectivity index (χ1v) is 7.40. The van der Waals surface area contributed by atoms with Crippen LogP contribution in [0.4, 0.5) is 5.69 Å². The molecule has 0 radical (unpaired) electrons. The molecule has 6 nitrogen and oxygen atoms in total. The molecule has 1 heterocycles. The molecule has 0 spiro atoms. The zero-order chi connectivity index (χ0) is 14.4. The summed E-state index contributed by atoms with van der Waals surface area (Å²) in [6, 6.07) is 5.10. The van der Waals surface area contributed by atoms with Crippen LogP contribution in [0.25, 0.3) is 0 Å². The zero-order valence-corrected chi connectivity index (χ0v) is 12.8. The highest BCUT2D eigenvalue weighted by Crippen LogP contribution is 2.27. The number of nitro benzene ring substituents is 1. The molecule has 0 atom stereocenters. The van der Waals surface area contributed by atoms with E-state index in [4.69, 9.17) is 4.74 Å². The summed E-state index contributed by atoms with van der Waals surface area (Å²) >= 11 is 3.30. The average molecular weight is 344 g/mol. The average Bonchev–Trinajstić information content (AvgIpc) is 2.46. The highest BCUT2D eigenvalue weighted by Gasteiger charge is 2.14. The molecule has 110 valence electrons. The van der Waals surface area contributed by atoms with E-state index in [0.717, 1.165) is 45.0 Å². The van der Waals surface area contributed by atoms with E-state index >= 15 is 0 Å². The van der Waals surface area contributed by atoms with Gasteiger partial charge in [0.1, 0.15) is 0 Å². The van der Waals surface area contributed by atoms with Crippen LogP contribution < -0.4 is 5.32 Å². The third kappa shape index (κ3) is 4.24. The first-order valence-electron chi connectivity index (χ1n) is 6.61. The molecule has 0 amide bonds. The summed E-state index contributed by atoms with van der Waals surface area (Å²) in [6.45, 7) is 5.99. The summed E-state index contributed by atoms with van der Waals surface area (Å²) in [7, 11) is 0. The van der Waals surface area contributed by atoms with Gasteiger partial charge in [0, 0.05) is 38.8 Å². The van der Waals surface area contributed by atoms with Crippen LogP contribution in [0, 0.1) is 10.1 Å². The monoisotopic (exact) mass is 343 g/mol. The minimum Gasteiger partial charge on any atom is -0.379 e. The predicted molar refractivity (Wildman–Crippen MR) is 79.8 cm³/mol. The number of hydrogen-bond donors (Lipinski definition) is 1. The van der Waals surface area contributed by atoms with Crippen LogP contribution in [0.15, 0.2) is 22.7 Å².